The molecule has 0 amide bonds. The lowest BCUT2D eigenvalue weighted by Crippen LogP contribution is -1.27. The largest absolute Gasteiger partial charge is 0.0683 e. The van der Waals surface area contributed by atoms with Gasteiger partial charge in [-0.2, -0.15) is 0 Å². The molecule has 0 unspecified atom stereocenters. The SMILES string of the molecule is C1CC1.CC.CC.CC.CC.CC.CC.CC.CC.CCC. The summed E-state index contributed by atoms with van der Waals surface area (Å²) in [6, 6.07) is 0. The van der Waals surface area contributed by atoms with Crippen LogP contribution in [0.15, 0.2) is 0 Å². The van der Waals surface area contributed by atoms with E-state index in [1.807, 2.05) is 111 Å². The van der Waals surface area contributed by atoms with Crippen molar-refractivity contribution in [1.82, 2.24) is 0 Å². The van der Waals surface area contributed by atoms with Gasteiger partial charge in [-0.05, 0) is 0 Å². The van der Waals surface area contributed by atoms with Crippen LogP contribution in [0.2, 0.25) is 0 Å². The molecule has 0 bridgehead atoms. The fourth-order valence-electron chi connectivity index (χ4n) is 0. The lowest BCUT2D eigenvalue weighted by Gasteiger charge is -1.48. The van der Waals surface area contributed by atoms with E-state index >= 15 is 0 Å². The molecule has 1 aliphatic carbocycles. The predicted molar refractivity (Wildman–Crippen MR) is 121 cm³/mol. The van der Waals surface area contributed by atoms with Crippen molar-refractivity contribution in [1.29, 1.82) is 0 Å². The molecule has 0 aromatic rings. The highest BCUT2D eigenvalue weighted by Crippen LogP contribution is 2.14. The zero-order valence-corrected chi connectivity index (χ0v) is 20.8. The van der Waals surface area contributed by atoms with E-state index in [9.17, 15) is 0 Å². The first-order valence-corrected chi connectivity index (χ1v) is 10.9. The van der Waals surface area contributed by atoms with Crippen molar-refractivity contribution in [3.63, 3.8) is 0 Å². The molecule has 0 aromatic heterocycles. The normalized spacial score (nSPS) is 6.27. The summed E-state index contributed by atoms with van der Waals surface area (Å²) in [6.45, 7) is 36.2. The zero-order chi connectivity index (χ0) is 20.8. The average Bonchev–Trinajstić information content (AvgIpc) is 3.58. The third-order valence-electron chi connectivity index (χ3n) is 0.354. The van der Waals surface area contributed by atoms with Crippen LogP contribution in [0, 0.1) is 0 Å². The summed E-state index contributed by atoms with van der Waals surface area (Å²) in [5, 5.41) is 0. The van der Waals surface area contributed by atoms with Gasteiger partial charge in [-0.1, -0.05) is 150 Å². The Kier molecular flexibility index (Phi) is 1370. The Labute approximate surface area is 150 Å². The van der Waals surface area contributed by atoms with E-state index in [1.165, 1.54) is 25.7 Å². The first kappa shape index (κ1) is 57.4. The van der Waals surface area contributed by atoms with Gasteiger partial charge in [-0.25, -0.2) is 0 Å². The fraction of sp³-hybridized carbons (Fsp3) is 1.00. The molecule has 0 aliphatic heterocycles. The van der Waals surface area contributed by atoms with E-state index in [2.05, 4.69) is 13.8 Å². The van der Waals surface area contributed by atoms with Gasteiger partial charge in [0.15, 0.2) is 0 Å². The van der Waals surface area contributed by atoms with Gasteiger partial charge in [-0.3, -0.25) is 0 Å². The summed E-state index contributed by atoms with van der Waals surface area (Å²) < 4.78 is 0. The van der Waals surface area contributed by atoms with Crippen molar-refractivity contribution < 1.29 is 0 Å². The van der Waals surface area contributed by atoms with Crippen LogP contribution in [0.25, 0.3) is 0 Å². The molecule has 0 N–H and O–H groups in total. The molecule has 0 atom stereocenters. The van der Waals surface area contributed by atoms with Crippen molar-refractivity contribution in [2.75, 3.05) is 0 Å². The highest BCUT2D eigenvalue weighted by atomic mass is 14.0. The molecule has 22 heavy (non-hydrogen) atoms. The summed E-state index contributed by atoms with van der Waals surface area (Å²) in [6.07, 6.45) is 5.75. The lowest BCUT2D eigenvalue weighted by molar-refractivity contribution is 1.09. The molecule has 1 rings (SSSR count). The third-order valence-corrected chi connectivity index (χ3v) is 0.354. The molecule has 0 heterocycles. The van der Waals surface area contributed by atoms with Crippen LogP contribution in [0.3, 0.4) is 0 Å². The van der Waals surface area contributed by atoms with Gasteiger partial charge in [0.05, 0.1) is 0 Å². The number of hydrogen-bond acceptors (Lipinski definition) is 0. The molecular formula is C22H62. The maximum atomic E-state index is 2.12. The monoisotopic (exact) mass is 326 g/mol. The Hall–Kier alpha value is 0. The molecule has 0 aromatic carbocycles. The molecule has 0 spiro atoms. The summed E-state index contributed by atoms with van der Waals surface area (Å²) in [7, 11) is 0. The quantitative estimate of drug-likeness (QED) is 0.415. The molecule has 0 heteroatoms. The third kappa shape index (κ3) is 7220. The van der Waals surface area contributed by atoms with Crippen LogP contribution in [0.5, 0.6) is 0 Å². The second-order valence-corrected chi connectivity index (χ2v) is 1.77. The van der Waals surface area contributed by atoms with Crippen LogP contribution in [0.4, 0.5) is 0 Å². The van der Waals surface area contributed by atoms with Gasteiger partial charge >= 0.3 is 0 Å². The fourth-order valence-corrected chi connectivity index (χ4v) is 0. The minimum atomic E-state index is 1.25. The maximum Gasteiger partial charge on any atom is -0.0533 e. The summed E-state index contributed by atoms with van der Waals surface area (Å²) in [5.74, 6) is 0. The second-order valence-electron chi connectivity index (χ2n) is 1.77. The van der Waals surface area contributed by atoms with Crippen LogP contribution >= 0.6 is 0 Å². The molecule has 150 valence electrons. The molecule has 1 aliphatic rings. The summed E-state index contributed by atoms with van der Waals surface area (Å²) in [4.78, 5) is 0. The van der Waals surface area contributed by atoms with Gasteiger partial charge in [0.1, 0.15) is 0 Å². The Bertz CT molecular complexity index is 11.2. The summed E-state index contributed by atoms with van der Waals surface area (Å²) >= 11 is 0. The van der Waals surface area contributed by atoms with E-state index in [0.717, 1.165) is 0 Å². The highest BCUT2D eigenvalue weighted by Gasteiger charge is 1.95. The summed E-state index contributed by atoms with van der Waals surface area (Å²) in [5.41, 5.74) is 0. The van der Waals surface area contributed by atoms with Crippen LogP contribution in [0.1, 0.15) is 150 Å². The van der Waals surface area contributed by atoms with Crippen molar-refractivity contribution in [3.8, 4) is 0 Å². The number of rotatable bonds is 0. The average molecular weight is 327 g/mol. The smallest absolute Gasteiger partial charge is 0.0533 e. The number of hydrogen-bond donors (Lipinski definition) is 0. The molecule has 0 nitrogen and oxygen atoms in total. The molecule has 0 saturated heterocycles. The first-order chi connectivity index (χ1) is 10.9. The molecule has 0 radical (unpaired) electrons. The van der Waals surface area contributed by atoms with E-state index < -0.39 is 0 Å². The van der Waals surface area contributed by atoms with E-state index in [4.69, 9.17) is 0 Å². The molecular weight excluding hydrogens is 264 g/mol. The highest BCUT2D eigenvalue weighted by molar-refractivity contribution is 4.50. The van der Waals surface area contributed by atoms with Gasteiger partial charge in [0.2, 0.25) is 0 Å². The lowest BCUT2D eigenvalue weighted by atomic mass is 10.6. The predicted octanol–water partition coefficient (Wildman–Crippen LogP) is 10.8. The second kappa shape index (κ2) is 525. The molecule has 1 fully saturated rings. The Morgan fingerprint density at radius 2 is 0.364 bits per heavy atom. The van der Waals surface area contributed by atoms with Crippen molar-refractivity contribution in [2.45, 2.75) is 150 Å². The Morgan fingerprint density at radius 1 is 0.318 bits per heavy atom. The Morgan fingerprint density at radius 3 is 0.364 bits per heavy atom. The standard InChI is InChI=1S/C3H6.C3H8.8C2H6/c1-2-3-1;1-3-2;8*1-2/h1-3H2;3H2,1-2H3;8*1-2H3. The van der Waals surface area contributed by atoms with Crippen LogP contribution < -0.4 is 0 Å². The van der Waals surface area contributed by atoms with E-state index in [0.29, 0.717) is 0 Å². The minimum absolute atomic E-state index is 1.25. The van der Waals surface area contributed by atoms with Gasteiger partial charge in [0.25, 0.3) is 0 Å². The van der Waals surface area contributed by atoms with Crippen molar-refractivity contribution >= 4 is 0 Å². The van der Waals surface area contributed by atoms with Crippen LogP contribution in [-0.2, 0) is 0 Å². The van der Waals surface area contributed by atoms with E-state index in [-0.39, 0.29) is 0 Å². The zero-order valence-electron chi connectivity index (χ0n) is 20.8. The van der Waals surface area contributed by atoms with Gasteiger partial charge in [0, 0.05) is 0 Å². The van der Waals surface area contributed by atoms with Gasteiger partial charge in [-0.15, -0.1) is 0 Å². The van der Waals surface area contributed by atoms with Gasteiger partial charge < -0.3 is 0 Å². The minimum Gasteiger partial charge on any atom is -0.0683 e. The maximum absolute atomic E-state index is 2.12. The van der Waals surface area contributed by atoms with Crippen molar-refractivity contribution in [3.05, 3.63) is 0 Å². The first-order valence-electron chi connectivity index (χ1n) is 10.9. The van der Waals surface area contributed by atoms with Crippen molar-refractivity contribution in [2.24, 2.45) is 0 Å². The van der Waals surface area contributed by atoms with E-state index in [1.54, 1.807) is 0 Å². The Balaban J connectivity index is -0.0000000123. The molecule has 1 saturated carbocycles. The topological polar surface area (TPSA) is 0 Å². The van der Waals surface area contributed by atoms with Crippen LogP contribution in [-0.4, -0.2) is 0 Å².